The van der Waals surface area contributed by atoms with Crippen LogP contribution in [0.15, 0.2) is 54.9 Å². The van der Waals surface area contributed by atoms with Crippen molar-refractivity contribution in [1.29, 1.82) is 0 Å². The summed E-state index contributed by atoms with van der Waals surface area (Å²) >= 11 is 6.16. The summed E-state index contributed by atoms with van der Waals surface area (Å²) in [6, 6.07) is 13.8. The molecule has 1 unspecified atom stereocenters. The van der Waals surface area contributed by atoms with Gasteiger partial charge >= 0.3 is 5.97 Å². The molecule has 9 heteroatoms. The van der Waals surface area contributed by atoms with Crippen LogP contribution in [0.5, 0.6) is 5.75 Å². The number of amides is 1. The lowest BCUT2D eigenvalue weighted by Crippen LogP contribution is -2.27. The number of hydrogen-bond acceptors (Lipinski definition) is 6. The third-order valence-corrected chi connectivity index (χ3v) is 4.59. The second-order valence-electron chi connectivity index (χ2n) is 6.03. The van der Waals surface area contributed by atoms with Gasteiger partial charge in [-0.2, -0.15) is 0 Å². The van der Waals surface area contributed by atoms with Crippen molar-refractivity contribution in [2.45, 2.75) is 6.42 Å². The first-order valence-corrected chi connectivity index (χ1v) is 8.59. The minimum atomic E-state index is -0.548. The maximum absolute atomic E-state index is 12.5. The van der Waals surface area contributed by atoms with Crippen molar-refractivity contribution < 1.29 is 14.3 Å². The molecule has 8 nitrogen and oxygen atoms in total. The lowest BCUT2D eigenvalue weighted by atomic mass is 10.1. The van der Waals surface area contributed by atoms with Gasteiger partial charge in [-0.1, -0.05) is 23.7 Å². The van der Waals surface area contributed by atoms with E-state index >= 15 is 0 Å². The Morgan fingerprint density at radius 2 is 1.93 bits per heavy atom. The summed E-state index contributed by atoms with van der Waals surface area (Å²) in [4.78, 5) is 26.3. The molecule has 0 aliphatic carbocycles. The molecule has 0 N–H and O–H groups in total. The number of carbonyl (C=O) groups is 2. The third-order valence-electron chi connectivity index (χ3n) is 4.27. The molecular formula is C18H14ClN5O3. The maximum Gasteiger partial charge on any atom is 0.316 e. The summed E-state index contributed by atoms with van der Waals surface area (Å²) in [7, 11) is 0. The van der Waals surface area contributed by atoms with Gasteiger partial charge in [0, 0.05) is 13.0 Å². The van der Waals surface area contributed by atoms with E-state index in [2.05, 4.69) is 15.5 Å². The standard InChI is InChI=1S/C18H14ClN5O3/c19-15-3-1-2-4-16(15)23-10-12(9-17(23)25)18(26)27-14-7-5-13(6-8-14)24-11-20-21-22-24/h1-8,11-12H,9-10H2. The molecule has 1 atom stereocenters. The van der Waals surface area contributed by atoms with E-state index in [1.54, 1.807) is 48.5 Å². The van der Waals surface area contributed by atoms with Crippen LogP contribution in [0.1, 0.15) is 6.42 Å². The van der Waals surface area contributed by atoms with Gasteiger partial charge in [0.1, 0.15) is 12.1 Å². The first-order valence-electron chi connectivity index (χ1n) is 8.22. The highest BCUT2D eigenvalue weighted by Gasteiger charge is 2.37. The van der Waals surface area contributed by atoms with Crippen LogP contribution >= 0.6 is 11.6 Å². The lowest BCUT2D eigenvalue weighted by Gasteiger charge is -2.17. The van der Waals surface area contributed by atoms with Gasteiger partial charge < -0.3 is 9.64 Å². The molecule has 1 aliphatic heterocycles. The van der Waals surface area contributed by atoms with Gasteiger partial charge in [-0.05, 0) is 46.8 Å². The highest BCUT2D eigenvalue weighted by atomic mass is 35.5. The first kappa shape index (κ1) is 17.2. The highest BCUT2D eigenvalue weighted by Crippen LogP contribution is 2.31. The van der Waals surface area contributed by atoms with E-state index < -0.39 is 11.9 Å². The number of para-hydroxylation sites is 1. The molecule has 2 aromatic carbocycles. The van der Waals surface area contributed by atoms with Crippen LogP contribution in [0.25, 0.3) is 5.69 Å². The van der Waals surface area contributed by atoms with Crippen molar-refractivity contribution in [3.8, 4) is 11.4 Å². The third kappa shape index (κ3) is 3.52. The lowest BCUT2D eigenvalue weighted by molar-refractivity contribution is -0.139. The number of anilines is 1. The molecule has 27 heavy (non-hydrogen) atoms. The largest absolute Gasteiger partial charge is 0.426 e. The van der Waals surface area contributed by atoms with E-state index in [0.717, 1.165) is 5.69 Å². The number of esters is 1. The fraction of sp³-hybridized carbons (Fsp3) is 0.167. The Labute approximate surface area is 159 Å². The van der Waals surface area contributed by atoms with Crippen molar-refractivity contribution in [3.05, 3.63) is 59.9 Å². The van der Waals surface area contributed by atoms with Crippen LogP contribution in [0.4, 0.5) is 5.69 Å². The van der Waals surface area contributed by atoms with Gasteiger partial charge in [0.15, 0.2) is 0 Å². The first-order chi connectivity index (χ1) is 13.1. The second-order valence-corrected chi connectivity index (χ2v) is 6.43. The quantitative estimate of drug-likeness (QED) is 0.507. The van der Waals surface area contributed by atoms with Crippen molar-refractivity contribution in [3.63, 3.8) is 0 Å². The molecule has 1 aromatic heterocycles. The molecule has 1 fully saturated rings. The average molecular weight is 384 g/mol. The highest BCUT2D eigenvalue weighted by molar-refractivity contribution is 6.33. The Morgan fingerprint density at radius 1 is 1.15 bits per heavy atom. The average Bonchev–Trinajstić information content (AvgIpc) is 3.33. The fourth-order valence-corrected chi connectivity index (χ4v) is 3.15. The number of ether oxygens (including phenoxy) is 1. The van der Waals surface area contributed by atoms with Crippen LogP contribution in [0.2, 0.25) is 5.02 Å². The van der Waals surface area contributed by atoms with Crippen molar-refractivity contribution in [1.82, 2.24) is 20.2 Å². The molecule has 4 rings (SSSR count). The number of rotatable bonds is 4. The monoisotopic (exact) mass is 383 g/mol. The smallest absolute Gasteiger partial charge is 0.316 e. The minimum Gasteiger partial charge on any atom is -0.426 e. The molecule has 3 aromatic rings. The van der Waals surface area contributed by atoms with E-state index in [-0.39, 0.29) is 18.9 Å². The summed E-state index contributed by atoms with van der Waals surface area (Å²) in [6.45, 7) is 0.240. The maximum atomic E-state index is 12.5. The molecule has 1 amide bonds. The summed E-state index contributed by atoms with van der Waals surface area (Å²) in [5.74, 6) is -0.763. The number of tetrazole rings is 1. The van der Waals surface area contributed by atoms with Crippen molar-refractivity contribution in [2.75, 3.05) is 11.4 Å². The summed E-state index contributed by atoms with van der Waals surface area (Å²) < 4.78 is 6.91. The Kier molecular flexibility index (Phi) is 4.55. The summed E-state index contributed by atoms with van der Waals surface area (Å²) in [6.07, 6.45) is 1.56. The van der Waals surface area contributed by atoms with Crippen LogP contribution in [0, 0.1) is 5.92 Å². The van der Waals surface area contributed by atoms with E-state index in [1.807, 2.05) is 0 Å². The number of nitrogens with zero attached hydrogens (tertiary/aromatic N) is 5. The summed E-state index contributed by atoms with van der Waals surface area (Å²) in [5.41, 5.74) is 1.34. The molecule has 0 saturated carbocycles. The number of halogens is 1. The van der Waals surface area contributed by atoms with Gasteiger partial charge in [0.05, 0.1) is 22.3 Å². The van der Waals surface area contributed by atoms with Gasteiger partial charge in [0.2, 0.25) is 5.91 Å². The molecule has 1 saturated heterocycles. The number of benzene rings is 2. The van der Waals surface area contributed by atoms with Crippen LogP contribution in [-0.2, 0) is 9.59 Å². The van der Waals surface area contributed by atoms with Crippen LogP contribution in [-0.4, -0.2) is 38.6 Å². The Balaban J connectivity index is 1.43. The van der Waals surface area contributed by atoms with E-state index in [4.69, 9.17) is 16.3 Å². The Bertz CT molecular complexity index is 975. The van der Waals surface area contributed by atoms with E-state index in [9.17, 15) is 9.59 Å². The fourth-order valence-electron chi connectivity index (χ4n) is 2.91. The Hall–Kier alpha value is -3.26. The number of carbonyl (C=O) groups excluding carboxylic acids is 2. The van der Waals surface area contributed by atoms with E-state index in [1.165, 1.54) is 15.9 Å². The van der Waals surface area contributed by atoms with Gasteiger partial charge in [-0.25, -0.2) is 4.68 Å². The van der Waals surface area contributed by atoms with Crippen molar-refractivity contribution >= 4 is 29.2 Å². The SMILES string of the molecule is O=C(Oc1ccc(-n2cnnn2)cc1)C1CC(=O)N(c2ccccc2Cl)C1. The summed E-state index contributed by atoms with van der Waals surface area (Å²) in [5, 5.41) is 11.4. The topological polar surface area (TPSA) is 90.2 Å². The zero-order valence-electron chi connectivity index (χ0n) is 14.0. The zero-order valence-corrected chi connectivity index (χ0v) is 14.8. The molecular weight excluding hydrogens is 370 g/mol. The van der Waals surface area contributed by atoms with Gasteiger partial charge in [-0.15, -0.1) is 5.10 Å². The Morgan fingerprint density at radius 3 is 2.63 bits per heavy atom. The molecule has 1 aliphatic rings. The normalized spacial score (nSPS) is 16.6. The predicted molar refractivity (Wildman–Crippen MR) is 96.7 cm³/mol. The number of hydrogen-bond donors (Lipinski definition) is 0. The number of aromatic nitrogens is 4. The van der Waals surface area contributed by atoms with Gasteiger partial charge in [0.25, 0.3) is 0 Å². The van der Waals surface area contributed by atoms with Crippen LogP contribution in [0.3, 0.4) is 0 Å². The molecule has 0 bridgehead atoms. The molecule has 136 valence electrons. The van der Waals surface area contributed by atoms with Crippen molar-refractivity contribution in [2.24, 2.45) is 5.92 Å². The van der Waals surface area contributed by atoms with E-state index in [0.29, 0.717) is 16.5 Å². The van der Waals surface area contributed by atoms with Crippen LogP contribution < -0.4 is 9.64 Å². The predicted octanol–water partition coefficient (Wildman–Crippen LogP) is 2.27. The second kappa shape index (κ2) is 7.16. The minimum absolute atomic E-state index is 0.0900. The zero-order chi connectivity index (χ0) is 18.8. The molecule has 0 radical (unpaired) electrons. The van der Waals surface area contributed by atoms with Gasteiger partial charge in [-0.3, -0.25) is 9.59 Å². The molecule has 0 spiro atoms. The molecule has 2 heterocycles.